The largest absolute Gasteiger partial charge is 0.389 e. The molecular formula is C12H22BrNO2. The van der Waals surface area contributed by atoms with Crippen molar-refractivity contribution in [2.45, 2.75) is 44.3 Å². The zero-order chi connectivity index (χ0) is 11.8. The van der Waals surface area contributed by atoms with Crippen LogP contribution in [0.1, 0.15) is 32.1 Å². The zero-order valence-corrected chi connectivity index (χ0v) is 11.3. The minimum atomic E-state index is -0.422. The number of halogens is 1. The summed E-state index contributed by atoms with van der Waals surface area (Å²) in [4.78, 5) is 0. The molecule has 0 aromatic heterocycles. The topological polar surface area (TPSA) is 41.5 Å². The molecule has 94 valence electrons. The molecule has 0 heterocycles. The van der Waals surface area contributed by atoms with Gasteiger partial charge in [0.2, 0.25) is 0 Å². The molecule has 1 saturated carbocycles. The maximum absolute atomic E-state index is 9.66. The lowest BCUT2D eigenvalue weighted by Crippen LogP contribution is -2.33. The highest BCUT2D eigenvalue weighted by atomic mass is 79.9. The van der Waals surface area contributed by atoms with E-state index in [4.69, 9.17) is 4.74 Å². The van der Waals surface area contributed by atoms with E-state index in [2.05, 4.69) is 27.8 Å². The van der Waals surface area contributed by atoms with Crippen LogP contribution in [-0.2, 0) is 4.74 Å². The van der Waals surface area contributed by atoms with Crippen molar-refractivity contribution < 1.29 is 9.84 Å². The fraction of sp³-hybridized carbons (Fsp3) is 0.833. The van der Waals surface area contributed by atoms with Gasteiger partial charge >= 0.3 is 0 Å². The average Bonchev–Trinajstić information content (AvgIpc) is 2.27. The van der Waals surface area contributed by atoms with Gasteiger partial charge in [-0.1, -0.05) is 41.8 Å². The van der Waals surface area contributed by atoms with Gasteiger partial charge in [0.25, 0.3) is 0 Å². The highest BCUT2D eigenvalue weighted by Gasteiger charge is 2.15. The summed E-state index contributed by atoms with van der Waals surface area (Å²) in [5, 5.41) is 12.8. The Labute approximate surface area is 106 Å². The molecule has 1 atom stereocenters. The van der Waals surface area contributed by atoms with Crippen molar-refractivity contribution in [3.05, 3.63) is 11.1 Å². The smallest absolute Gasteiger partial charge is 0.0897 e. The molecule has 1 aliphatic rings. The lowest BCUT2D eigenvalue weighted by Gasteiger charge is -2.23. The van der Waals surface area contributed by atoms with Crippen LogP contribution in [0.2, 0.25) is 0 Å². The summed E-state index contributed by atoms with van der Waals surface area (Å²) in [5.41, 5.74) is 0. The van der Waals surface area contributed by atoms with Crippen LogP contribution in [0.5, 0.6) is 0 Å². The molecule has 16 heavy (non-hydrogen) atoms. The van der Waals surface area contributed by atoms with Crippen LogP contribution in [0.25, 0.3) is 0 Å². The van der Waals surface area contributed by atoms with Crippen molar-refractivity contribution in [2.75, 3.05) is 19.7 Å². The van der Waals surface area contributed by atoms with Gasteiger partial charge in [-0.2, -0.15) is 0 Å². The third-order valence-electron chi connectivity index (χ3n) is 2.77. The van der Waals surface area contributed by atoms with Crippen LogP contribution in [0.15, 0.2) is 11.1 Å². The van der Waals surface area contributed by atoms with Gasteiger partial charge in [-0.15, -0.1) is 0 Å². The summed E-state index contributed by atoms with van der Waals surface area (Å²) in [6, 6.07) is 0. The average molecular weight is 292 g/mol. The normalized spacial score (nSPS) is 19.6. The van der Waals surface area contributed by atoms with Gasteiger partial charge in [0.15, 0.2) is 0 Å². The first-order valence-corrected chi connectivity index (χ1v) is 6.81. The number of nitrogens with one attached hydrogen (secondary N) is 1. The molecule has 1 fully saturated rings. The minimum Gasteiger partial charge on any atom is -0.389 e. The van der Waals surface area contributed by atoms with Gasteiger partial charge in [0.1, 0.15) is 0 Å². The number of hydrogen-bond acceptors (Lipinski definition) is 3. The molecule has 0 radical (unpaired) electrons. The highest BCUT2D eigenvalue weighted by molar-refractivity contribution is 9.11. The van der Waals surface area contributed by atoms with Gasteiger partial charge in [0, 0.05) is 17.6 Å². The molecule has 0 spiro atoms. The van der Waals surface area contributed by atoms with Crippen LogP contribution < -0.4 is 5.32 Å². The van der Waals surface area contributed by atoms with E-state index in [-0.39, 0.29) is 0 Å². The maximum atomic E-state index is 9.66. The zero-order valence-electron chi connectivity index (χ0n) is 9.75. The summed E-state index contributed by atoms with van der Waals surface area (Å²) in [6.45, 7) is 5.38. The molecule has 0 aromatic rings. The van der Waals surface area contributed by atoms with E-state index in [9.17, 15) is 5.11 Å². The summed E-state index contributed by atoms with van der Waals surface area (Å²) >= 11 is 3.26. The van der Waals surface area contributed by atoms with Gasteiger partial charge < -0.3 is 15.2 Å². The second-order valence-corrected chi connectivity index (χ2v) is 5.52. The van der Waals surface area contributed by atoms with Crippen molar-refractivity contribution in [3.63, 3.8) is 0 Å². The summed E-state index contributed by atoms with van der Waals surface area (Å²) in [5.74, 6) is 0. The predicted octanol–water partition coefficient (Wildman–Crippen LogP) is 2.19. The Morgan fingerprint density at radius 3 is 2.75 bits per heavy atom. The molecule has 2 N–H and O–H groups in total. The third kappa shape index (κ3) is 6.63. The van der Waals surface area contributed by atoms with Crippen molar-refractivity contribution >= 4 is 15.9 Å². The van der Waals surface area contributed by atoms with Gasteiger partial charge in [-0.3, -0.25) is 0 Å². The number of hydrogen-bond donors (Lipinski definition) is 2. The van der Waals surface area contributed by atoms with E-state index in [1.54, 1.807) is 0 Å². The van der Waals surface area contributed by atoms with Crippen LogP contribution >= 0.6 is 15.9 Å². The molecule has 0 aliphatic heterocycles. The Morgan fingerprint density at radius 1 is 1.44 bits per heavy atom. The van der Waals surface area contributed by atoms with Crippen molar-refractivity contribution in [1.82, 2.24) is 5.32 Å². The molecule has 3 nitrogen and oxygen atoms in total. The first-order chi connectivity index (χ1) is 7.68. The summed E-state index contributed by atoms with van der Waals surface area (Å²) in [7, 11) is 0. The third-order valence-corrected chi connectivity index (χ3v) is 3.05. The Hall–Kier alpha value is 0.1000. The van der Waals surface area contributed by atoms with E-state index in [1.165, 1.54) is 19.3 Å². The lowest BCUT2D eigenvalue weighted by molar-refractivity contribution is -0.0227. The maximum Gasteiger partial charge on any atom is 0.0897 e. The molecule has 0 aromatic carbocycles. The van der Waals surface area contributed by atoms with Crippen molar-refractivity contribution in [1.29, 1.82) is 0 Å². The molecule has 0 amide bonds. The van der Waals surface area contributed by atoms with E-state index < -0.39 is 6.10 Å². The van der Waals surface area contributed by atoms with Crippen molar-refractivity contribution in [3.8, 4) is 0 Å². The van der Waals surface area contributed by atoms with Crippen LogP contribution in [0.3, 0.4) is 0 Å². The second kappa shape index (κ2) is 8.23. The standard InChI is InChI=1S/C12H22BrNO2/c1-10(13)7-14-8-11(15)9-16-12-5-3-2-4-6-12/h11-12,14-15H,1-9H2. The lowest BCUT2D eigenvalue weighted by atomic mass is 9.98. The van der Waals surface area contributed by atoms with E-state index in [1.807, 2.05) is 0 Å². The van der Waals surface area contributed by atoms with Gasteiger partial charge in [0.05, 0.1) is 18.8 Å². The molecule has 0 bridgehead atoms. The molecule has 1 aliphatic carbocycles. The summed E-state index contributed by atoms with van der Waals surface area (Å²) < 4.78 is 6.57. The molecule has 4 heteroatoms. The quantitative estimate of drug-likeness (QED) is 0.756. The van der Waals surface area contributed by atoms with E-state index >= 15 is 0 Å². The molecule has 1 rings (SSSR count). The molecular weight excluding hydrogens is 270 g/mol. The first kappa shape index (κ1) is 14.2. The second-order valence-electron chi connectivity index (χ2n) is 4.40. The fourth-order valence-corrected chi connectivity index (χ4v) is 2.11. The van der Waals surface area contributed by atoms with Crippen LogP contribution in [0, 0.1) is 0 Å². The number of aliphatic hydroxyl groups excluding tert-OH is 1. The summed E-state index contributed by atoms with van der Waals surface area (Å²) in [6.07, 6.45) is 6.11. The van der Waals surface area contributed by atoms with E-state index in [0.717, 1.165) is 17.3 Å². The monoisotopic (exact) mass is 291 g/mol. The predicted molar refractivity (Wildman–Crippen MR) is 69.8 cm³/mol. The minimum absolute atomic E-state index is 0.370. The highest BCUT2D eigenvalue weighted by Crippen LogP contribution is 2.20. The number of ether oxygens (including phenoxy) is 1. The Morgan fingerprint density at radius 2 is 2.12 bits per heavy atom. The Balaban J connectivity index is 2.00. The first-order valence-electron chi connectivity index (χ1n) is 6.02. The SMILES string of the molecule is C=C(Br)CNCC(O)COC1CCCCC1. The fourth-order valence-electron chi connectivity index (χ4n) is 1.91. The van der Waals surface area contributed by atoms with Crippen molar-refractivity contribution in [2.24, 2.45) is 0 Å². The molecule has 1 unspecified atom stereocenters. The number of aliphatic hydroxyl groups is 1. The van der Waals surface area contributed by atoms with Crippen LogP contribution in [-0.4, -0.2) is 37.0 Å². The van der Waals surface area contributed by atoms with Gasteiger partial charge in [-0.25, -0.2) is 0 Å². The van der Waals surface area contributed by atoms with Crippen LogP contribution in [0.4, 0.5) is 0 Å². The Kier molecular flexibility index (Phi) is 7.28. The molecule has 0 saturated heterocycles. The Bertz CT molecular complexity index is 205. The number of rotatable bonds is 7. The van der Waals surface area contributed by atoms with Gasteiger partial charge in [-0.05, 0) is 12.8 Å². The van der Waals surface area contributed by atoms with E-state index in [0.29, 0.717) is 25.8 Å².